The minimum Gasteiger partial charge on any atom is -0.480 e. The average Bonchev–Trinajstić information content (AvgIpc) is 3.33. The molecular weight excluding hydrogens is 390 g/mol. The van der Waals surface area contributed by atoms with Gasteiger partial charge in [0.1, 0.15) is 13.2 Å². The van der Waals surface area contributed by atoms with E-state index in [0.29, 0.717) is 0 Å². The van der Waals surface area contributed by atoms with Gasteiger partial charge in [-0.25, -0.2) is 4.79 Å². The summed E-state index contributed by atoms with van der Waals surface area (Å²) in [6, 6.07) is 15.9. The first kappa shape index (κ1) is 19.1. The molecule has 30 heavy (non-hydrogen) atoms. The molecule has 3 aromatic rings. The number of benzene rings is 2. The minimum atomic E-state index is -1.19. The fourth-order valence-corrected chi connectivity index (χ4v) is 3.38. The summed E-state index contributed by atoms with van der Waals surface area (Å²) >= 11 is 0. The highest BCUT2D eigenvalue weighted by atomic mass is 16.5. The topological polar surface area (TPSA) is 146 Å². The summed E-state index contributed by atoms with van der Waals surface area (Å²) in [4.78, 5) is 38.2. The van der Waals surface area contributed by atoms with Crippen molar-refractivity contribution in [2.75, 3.05) is 18.5 Å². The van der Waals surface area contributed by atoms with Crippen molar-refractivity contribution in [2.24, 2.45) is 0 Å². The van der Waals surface area contributed by atoms with E-state index in [1.165, 1.54) is 0 Å². The molecule has 0 fully saturated rings. The lowest BCUT2D eigenvalue weighted by Crippen LogP contribution is -2.30. The molecule has 1 aromatic heterocycles. The van der Waals surface area contributed by atoms with Crippen LogP contribution in [0.2, 0.25) is 0 Å². The maximum Gasteiger partial charge on any atom is 0.414 e. The number of aromatic nitrogens is 3. The minimum absolute atomic E-state index is 0.0901. The molecule has 1 aliphatic carbocycles. The maximum absolute atomic E-state index is 12.2. The molecule has 10 nitrogen and oxygen atoms in total. The van der Waals surface area contributed by atoms with Crippen LogP contribution in [-0.2, 0) is 9.53 Å². The van der Waals surface area contributed by atoms with Crippen molar-refractivity contribution in [1.82, 2.24) is 20.5 Å². The number of nitrogens with zero attached hydrogens (tertiary/aromatic N) is 2. The zero-order valence-corrected chi connectivity index (χ0v) is 15.6. The molecule has 1 aliphatic rings. The lowest BCUT2D eigenvalue weighted by atomic mass is 9.98. The average molecular weight is 407 g/mol. The van der Waals surface area contributed by atoms with E-state index in [4.69, 9.17) is 9.84 Å². The van der Waals surface area contributed by atoms with Crippen LogP contribution >= 0.6 is 0 Å². The van der Waals surface area contributed by atoms with Crippen molar-refractivity contribution in [1.29, 1.82) is 0 Å². The summed E-state index contributed by atoms with van der Waals surface area (Å²) in [6.45, 7) is -0.440. The largest absolute Gasteiger partial charge is 0.480 e. The van der Waals surface area contributed by atoms with Crippen LogP contribution in [0.4, 0.5) is 10.7 Å². The molecule has 2 amide bonds. The summed E-state index contributed by atoms with van der Waals surface area (Å²) in [6.07, 6.45) is -0.770. The van der Waals surface area contributed by atoms with Crippen LogP contribution < -0.4 is 10.6 Å². The van der Waals surface area contributed by atoms with Gasteiger partial charge in [-0.3, -0.25) is 20.0 Å². The quantitative estimate of drug-likeness (QED) is 0.488. The Kier molecular flexibility index (Phi) is 5.12. The molecule has 0 saturated carbocycles. The van der Waals surface area contributed by atoms with E-state index < -0.39 is 24.5 Å². The van der Waals surface area contributed by atoms with Crippen molar-refractivity contribution >= 4 is 23.9 Å². The van der Waals surface area contributed by atoms with Gasteiger partial charge < -0.3 is 15.2 Å². The molecular formula is C20H17N5O5. The van der Waals surface area contributed by atoms with Crippen LogP contribution in [0.3, 0.4) is 0 Å². The van der Waals surface area contributed by atoms with Gasteiger partial charge in [0.05, 0.1) is 0 Å². The number of ether oxygens (including phenoxy) is 1. The Labute approximate surface area is 170 Å². The first-order valence-electron chi connectivity index (χ1n) is 9.07. The van der Waals surface area contributed by atoms with Gasteiger partial charge in [0.2, 0.25) is 5.82 Å². The first-order valence-corrected chi connectivity index (χ1v) is 9.07. The summed E-state index contributed by atoms with van der Waals surface area (Å²) < 4.78 is 5.37. The third-order valence-electron chi connectivity index (χ3n) is 4.66. The molecule has 152 valence electrons. The summed E-state index contributed by atoms with van der Waals surface area (Å²) in [5, 5.41) is 19.1. The normalized spacial score (nSPS) is 12.0. The Balaban J connectivity index is 1.38. The van der Waals surface area contributed by atoms with Gasteiger partial charge in [0.15, 0.2) is 0 Å². The van der Waals surface area contributed by atoms with E-state index in [9.17, 15) is 14.4 Å². The molecule has 1 heterocycles. The van der Waals surface area contributed by atoms with Crippen LogP contribution in [0.5, 0.6) is 0 Å². The fourth-order valence-electron chi connectivity index (χ4n) is 3.38. The van der Waals surface area contributed by atoms with Gasteiger partial charge in [-0.15, -0.1) is 5.10 Å². The second kappa shape index (κ2) is 8.03. The van der Waals surface area contributed by atoms with E-state index in [1.54, 1.807) is 0 Å². The predicted molar refractivity (Wildman–Crippen MR) is 105 cm³/mol. The van der Waals surface area contributed by atoms with Crippen molar-refractivity contribution in [3.05, 3.63) is 65.5 Å². The molecule has 0 aliphatic heterocycles. The van der Waals surface area contributed by atoms with Crippen molar-refractivity contribution in [3.63, 3.8) is 0 Å². The Bertz CT molecular complexity index is 1080. The number of carboxylic acids is 1. The molecule has 0 spiro atoms. The van der Waals surface area contributed by atoms with Gasteiger partial charge >= 0.3 is 12.1 Å². The molecule has 0 saturated heterocycles. The predicted octanol–water partition coefficient (Wildman–Crippen LogP) is 1.98. The Hall–Kier alpha value is -4.21. The molecule has 0 radical (unpaired) electrons. The zero-order chi connectivity index (χ0) is 21.1. The van der Waals surface area contributed by atoms with Gasteiger partial charge in [-0.2, -0.15) is 4.98 Å². The molecule has 4 N–H and O–H groups in total. The van der Waals surface area contributed by atoms with E-state index in [0.717, 1.165) is 22.3 Å². The molecule has 0 bridgehead atoms. The van der Waals surface area contributed by atoms with Gasteiger partial charge in [-0.1, -0.05) is 48.5 Å². The summed E-state index contributed by atoms with van der Waals surface area (Å²) in [5.74, 6) is -2.43. The van der Waals surface area contributed by atoms with E-state index >= 15 is 0 Å². The number of aromatic amines is 1. The number of hydrogen-bond acceptors (Lipinski definition) is 6. The summed E-state index contributed by atoms with van der Waals surface area (Å²) in [7, 11) is 0. The number of nitrogens with one attached hydrogen (secondary N) is 3. The van der Waals surface area contributed by atoms with E-state index in [1.807, 2.05) is 48.5 Å². The number of carbonyl (C=O) groups is 3. The second-order valence-electron chi connectivity index (χ2n) is 6.53. The molecule has 0 unspecified atom stereocenters. The number of carboxylic acid groups (broad SMARTS) is 1. The van der Waals surface area contributed by atoms with Crippen LogP contribution in [0.1, 0.15) is 27.7 Å². The van der Waals surface area contributed by atoms with Crippen LogP contribution in [0, 0.1) is 0 Å². The number of carbonyl (C=O) groups excluding carboxylic acids is 2. The highest BCUT2D eigenvalue weighted by Gasteiger charge is 2.29. The molecule has 2 aromatic carbocycles. The lowest BCUT2D eigenvalue weighted by molar-refractivity contribution is -0.135. The second-order valence-corrected chi connectivity index (χ2v) is 6.53. The van der Waals surface area contributed by atoms with Gasteiger partial charge in [0.25, 0.3) is 11.9 Å². The van der Waals surface area contributed by atoms with Crippen LogP contribution in [-0.4, -0.2) is 51.4 Å². The SMILES string of the molecule is O=C(O)CNC(=O)c1nc(NC(=O)OCC2c3ccccc3-c3ccccc32)n[nH]1. The maximum atomic E-state index is 12.2. The number of aliphatic carboxylic acids is 1. The third-order valence-corrected chi connectivity index (χ3v) is 4.66. The highest BCUT2D eigenvalue weighted by Crippen LogP contribution is 2.44. The third kappa shape index (κ3) is 3.83. The highest BCUT2D eigenvalue weighted by molar-refractivity contribution is 5.93. The number of amides is 2. The van der Waals surface area contributed by atoms with Crippen molar-refractivity contribution in [2.45, 2.75) is 5.92 Å². The number of fused-ring (bicyclic) bond motifs is 3. The van der Waals surface area contributed by atoms with Crippen LogP contribution in [0.25, 0.3) is 11.1 Å². The molecule has 0 atom stereocenters. The first-order chi connectivity index (χ1) is 14.5. The number of rotatable bonds is 6. The monoisotopic (exact) mass is 407 g/mol. The Morgan fingerprint density at radius 1 is 1.03 bits per heavy atom. The lowest BCUT2D eigenvalue weighted by Gasteiger charge is -2.13. The van der Waals surface area contributed by atoms with Gasteiger partial charge in [0, 0.05) is 5.92 Å². The van der Waals surface area contributed by atoms with E-state index in [2.05, 4.69) is 25.8 Å². The number of hydrogen-bond donors (Lipinski definition) is 4. The van der Waals surface area contributed by atoms with Crippen molar-refractivity contribution in [3.8, 4) is 11.1 Å². The Morgan fingerprint density at radius 2 is 1.67 bits per heavy atom. The van der Waals surface area contributed by atoms with Crippen molar-refractivity contribution < 1.29 is 24.2 Å². The number of anilines is 1. The number of H-pyrrole nitrogens is 1. The van der Waals surface area contributed by atoms with E-state index in [-0.39, 0.29) is 24.3 Å². The Morgan fingerprint density at radius 3 is 2.30 bits per heavy atom. The fraction of sp³-hybridized carbons (Fsp3) is 0.150. The smallest absolute Gasteiger partial charge is 0.414 e. The van der Waals surface area contributed by atoms with Crippen LogP contribution in [0.15, 0.2) is 48.5 Å². The van der Waals surface area contributed by atoms with Gasteiger partial charge in [-0.05, 0) is 22.3 Å². The zero-order valence-electron chi connectivity index (χ0n) is 15.6. The standard InChI is InChI=1S/C20H17N5O5/c26-16(27)9-21-18(28)17-22-19(25-24-17)23-20(29)30-10-15-13-7-3-1-5-11(13)12-6-2-4-8-14(12)15/h1-8,15H,9-10H2,(H,21,28)(H,26,27)(H2,22,23,24,25,29). The summed E-state index contributed by atoms with van der Waals surface area (Å²) in [5.41, 5.74) is 4.41. The molecule has 4 rings (SSSR count). The molecule has 10 heteroatoms.